The van der Waals surface area contributed by atoms with Gasteiger partial charge in [0.05, 0.1) is 18.9 Å². The molecule has 0 aliphatic carbocycles. The standard InChI is InChI=1S/C17H31N7O7/c1-8(14(27)23-10(17(30)31)4-2-3-5-18)22-16(29)11(7-13(21)26)24-15(28)9(19)6-12(20)25/h8-11H,2-7,18-19H2,1H3,(H2,20,25)(H2,21,26)(H,22,29)(H,23,27)(H,24,28)(H,30,31). The van der Waals surface area contributed by atoms with Crippen LogP contribution >= 0.6 is 0 Å². The zero-order valence-electron chi connectivity index (χ0n) is 17.3. The zero-order chi connectivity index (χ0) is 24.1. The van der Waals surface area contributed by atoms with Crippen LogP contribution in [-0.2, 0) is 28.8 Å². The van der Waals surface area contributed by atoms with Gasteiger partial charge in [0.25, 0.3) is 0 Å². The fourth-order valence-electron chi connectivity index (χ4n) is 2.43. The lowest BCUT2D eigenvalue weighted by Crippen LogP contribution is -2.57. The van der Waals surface area contributed by atoms with Crippen LogP contribution in [0.5, 0.6) is 0 Å². The molecule has 0 heterocycles. The molecule has 4 atom stereocenters. The van der Waals surface area contributed by atoms with E-state index >= 15 is 0 Å². The van der Waals surface area contributed by atoms with Gasteiger partial charge in [-0.1, -0.05) is 0 Å². The molecule has 31 heavy (non-hydrogen) atoms. The Morgan fingerprint density at radius 2 is 1.35 bits per heavy atom. The number of carbonyl (C=O) groups is 6. The maximum atomic E-state index is 12.4. The minimum Gasteiger partial charge on any atom is -0.480 e. The number of carboxylic acid groups (broad SMARTS) is 1. The van der Waals surface area contributed by atoms with E-state index in [2.05, 4.69) is 16.0 Å². The third-order valence-corrected chi connectivity index (χ3v) is 4.11. The molecule has 12 N–H and O–H groups in total. The van der Waals surface area contributed by atoms with Gasteiger partial charge < -0.3 is 44.0 Å². The molecular weight excluding hydrogens is 414 g/mol. The van der Waals surface area contributed by atoms with Gasteiger partial charge in [-0.15, -0.1) is 0 Å². The van der Waals surface area contributed by atoms with E-state index in [9.17, 15) is 33.9 Å². The van der Waals surface area contributed by atoms with Crippen LogP contribution in [0.1, 0.15) is 39.0 Å². The highest BCUT2D eigenvalue weighted by molar-refractivity contribution is 5.96. The number of carbonyl (C=O) groups excluding carboxylic acids is 5. The lowest BCUT2D eigenvalue weighted by Gasteiger charge is -2.22. The Bertz CT molecular complexity index is 686. The summed E-state index contributed by atoms with van der Waals surface area (Å²) in [6.45, 7) is 1.66. The molecule has 0 rings (SSSR count). The van der Waals surface area contributed by atoms with Crippen LogP contribution in [0.15, 0.2) is 0 Å². The summed E-state index contributed by atoms with van der Waals surface area (Å²) in [5, 5.41) is 15.9. The Morgan fingerprint density at radius 3 is 1.84 bits per heavy atom. The quantitative estimate of drug-likeness (QED) is 0.113. The molecule has 5 amide bonds. The summed E-state index contributed by atoms with van der Waals surface area (Å²) in [4.78, 5) is 70.1. The van der Waals surface area contributed by atoms with Gasteiger partial charge in [0.1, 0.15) is 18.1 Å². The van der Waals surface area contributed by atoms with E-state index in [1.165, 1.54) is 6.92 Å². The number of rotatable bonds is 15. The molecule has 14 heteroatoms. The molecule has 4 unspecified atom stereocenters. The summed E-state index contributed by atoms with van der Waals surface area (Å²) in [6.07, 6.45) is 0.116. The van der Waals surface area contributed by atoms with Crippen molar-refractivity contribution in [1.82, 2.24) is 16.0 Å². The second-order valence-corrected chi connectivity index (χ2v) is 6.92. The molecule has 14 nitrogen and oxygen atoms in total. The fraction of sp³-hybridized carbons (Fsp3) is 0.647. The minimum atomic E-state index is -1.47. The average molecular weight is 445 g/mol. The molecule has 0 aliphatic heterocycles. The molecule has 0 saturated heterocycles. The number of aliphatic carboxylic acids is 1. The highest BCUT2D eigenvalue weighted by atomic mass is 16.4. The monoisotopic (exact) mass is 445 g/mol. The van der Waals surface area contributed by atoms with Crippen LogP contribution in [0, 0.1) is 0 Å². The van der Waals surface area contributed by atoms with E-state index in [4.69, 9.17) is 22.9 Å². The van der Waals surface area contributed by atoms with E-state index in [1.54, 1.807) is 0 Å². The summed E-state index contributed by atoms with van der Waals surface area (Å²) in [5.41, 5.74) is 20.9. The minimum absolute atomic E-state index is 0.150. The number of primary amides is 2. The van der Waals surface area contributed by atoms with Crippen LogP contribution in [0.3, 0.4) is 0 Å². The van der Waals surface area contributed by atoms with E-state index in [0.29, 0.717) is 19.4 Å². The molecule has 0 spiro atoms. The third-order valence-electron chi connectivity index (χ3n) is 4.11. The second kappa shape index (κ2) is 13.9. The van der Waals surface area contributed by atoms with Crippen molar-refractivity contribution in [2.75, 3.05) is 6.54 Å². The maximum Gasteiger partial charge on any atom is 0.326 e. The van der Waals surface area contributed by atoms with E-state index in [-0.39, 0.29) is 6.42 Å². The Balaban J connectivity index is 5.03. The van der Waals surface area contributed by atoms with Crippen LogP contribution in [0.4, 0.5) is 0 Å². The molecule has 176 valence electrons. The summed E-state index contributed by atoms with van der Waals surface area (Å²) in [5.74, 6) is -5.66. The van der Waals surface area contributed by atoms with Crippen molar-refractivity contribution in [3.8, 4) is 0 Å². The predicted octanol–water partition coefficient (Wildman–Crippen LogP) is -4.25. The number of carboxylic acids is 1. The van der Waals surface area contributed by atoms with Gasteiger partial charge in [-0.3, -0.25) is 24.0 Å². The molecule has 0 fully saturated rings. The fourth-order valence-corrected chi connectivity index (χ4v) is 2.43. The number of nitrogens with one attached hydrogen (secondary N) is 3. The van der Waals surface area contributed by atoms with Crippen molar-refractivity contribution in [3.63, 3.8) is 0 Å². The number of amides is 5. The molecule has 0 aromatic heterocycles. The first-order chi connectivity index (χ1) is 14.4. The number of nitrogens with two attached hydrogens (primary N) is 4. The molecule has 0 radical (unpaired) electrons. The van der Waals surface area contributed by atoms with Gasteiger partial charge in [-0.05, 0) is 32.7 Å². The summed E-state index contributed by atoms with van der Waals surface area (Å²) in [6, 6.07) is -5.20. The summed E-state index contributed by atoms with van der Waals surface area (Å²) >= 11 is 0. The normalized spacial score (nSPS) is 14.4. The first-order valence-electron chi connectivity index (χ1n) is 9.55. The zero-order valence-corrected chi connectivity index (χ0v) is 17.3. The molecule has 0 aromatic carbocycles. The van der Waals surface area contributed by atoms with Gasteiger partial charge in [0, 0.05) is 0 Å². The summed E-state index contributed by atoms with van der Waals surface area (Å²) in [7, 11) is 0. The van der Waals surface area contributed by atoms with Crippen molar-refractivity contribution < 1.29 is 33.9 Å². The van der Waals surface area contributed by atoms with Crippen LogP contribution in [0.2, 0.25) is 0 Å². The lowest BCUT2D eigenvalue weighted by molar-refractivity contribution is -0.142. The van der Waals surface area contributed by atoms with Gasteiger partial charge in [-0.25, -0.2) is 4.79 Å². The van der Waals surface area contributed by atoms with Crippen molar-refractivity contribution in [2.24, 2.45) is 22.9 Å². The first-order valence-corrected chi connectivity index (χ1v) is 9.55. The maximum absolute atomic E-state index is 12.4. The SMILES string of the molecule is CC(NC(=O)C(CC(N)=O)NC(=O)C(N)CC(N)=O)C(=O)NC(CCCCN)C(=O)O. The van der Waals surface area contributed by atoms with Crippen LogP contribution < -0.4 is 38.9 Å². The number of unbranched alkanes of at least 4 members (excludes halogenated alkanes) is 1. The van der Waals surface area contributed by atoms with Gasteiger partial charge in [0.15, 0.2) is 0 Å². The largest absolute Gasteiger partial charge is 0.480 e. The Morgan fingerprint density at radius 1 is 0.806 bits per heavy atom. The van der Waals surface area contributed by atoms with Gasteiger partial charge in [0.2, 0.25) is 29.5 Å². The highest BCUT2D eigenvalue weighted by Crippen LogP contribution is 2.02. The van der Waals surface area contributed by atoms with Crippen molar-refractivity contribution in [1.29, 1.82) is 0 Å². The average Bonchev–Trinajstić information content (AvgIpc) is 2.65. The Labute approximate surface area is 178 Å². The highest BCUT2D eigenvalue weighted by Gasteiger charge is 2.29. The first kappa shape index (κ1) is 27.7. The van der Waals surface area contributed by atoms with Gasteiger partial charge >= 0.3 is 5.97 Å². The lowest BCUT2D eigenvalue weighted by atomic mass is 10.1. The predicted molar refractivity (Wildman–Crippen MR) is 108 cm³/mol. The smallest absolute Gasteiger partial charge is 0.326 e. The number of hydrogen-bond acceptors (Lipinski definition) is 8. The summed E-state index contributed by atoms with van der Waals surface area (Å²) < 4.78 is 0. The molecule has 0 aliphatic rings. The second-order valence-electron chi connectivity index (χ2n) is 6.92. The Kier molecular flexibility index (Phi) is 12.4. The van der Waals surface area contributed by atoms with E-state index < -0.39 is 72.5 Å². The van der Waals surface area contributed by atoms with Crippen molar-refractivity contribution in [2.45, 2.75) is 63.2 Å². The van der Waals surface area contributed by atoms with Crippen LogP contribution in [-0.4, -0.2) is 71.3 Å². The molecule has 0 bridgehead atoms. The van der Waals surface area contributed by atoms with E-state index in [0.717, 1.165) is 0 Å². The van der Waals surface area contributed by atoms with Crippen LogP contribution in [0.25, 0.3) is 0 Å². The van der Waals surface area contributed by atoms with E-state index in [1.807, 2.05) is 0 Å². The Hall–Kier alpha value is -3.26. The third kappa shape index (κ3) is 11.5. The molecule has 0 aromatic rings. The number of hydrogen-bond donors (Lipinski definition) is 8. The topological polar surface area (TPSA) is 263 Å². The van der Waals surface area contributed by atoms with Crippen molar-refractivity contribution >= 4 is 35.5 Å². The molecule has 0 saturated carbocycles. The molecular formula is C17H31N7O7. The van der Waals surface area contributed by atoms with Crippen molar-refractivity contribution in [3.05, 3.63) is 0 Å². The van der Waals surface area contributed by atoms with Gasteiger partial charge in [-0.2, -0.15) is 0 Å².